The fourth-order valence-corrected chi connectivity index (χ4v) is 7.47. The molecule has 6 N–H and O–H groups in total. The fraction of sp³-hybridized carbons (Fsp3) is 0.561. The molecule has 3 rings (SSSR count). The van der Waals surface area contributed by atoms with Gasteiger partial charge in [-0.3, -0.25) is 14.4 Å². The smallest absolute Gasteiger partial charge is 0.410 e. The summed E-state index contributed by atoms with van der Waals surface area (Å²) in [4.78, 5) is 81.8. The third-order valence-electron chi connectivity index (χ3n) is 9.27. The second-order valence-corrected chi connectivity index (χ2v) is 18.7. The fourth-order valence-electron chi connectivity index (χ4n) is 6.19. The Morgan fingerprint density at radius 3 is 2.10 bits per heavy atom. The van der Waals surface area contributed by atoms with E-state index >= 15 is 0 Å². The molecule has 338 valence electrons. The van der Waals surface area contributed by atoms with E-state index in [0.717, 1.165) is 16.9 Å². The number of fused-ring (bicyclic) bond motifs is 5. The number of phenolic OH excluding ortho intramolecular Hbond substituents is 2. The maximum absolute atomic E-state index is 14.6. The molecule has 0 unspecified atom stereocenters. The van der Waals surface area contributed by atoms with Crippen LogP contribution in [-0.2, 0) is 49.8 Å². The van der Waals surface area contributed by atoms with Crippen LogP contribution in [0.2, 0.25) is 0 Å². The van der Waals surface area contributed by atoms with E-state index in [4.69, 9.17) is 14.2 Å². The summed E-state index contributed by atoms with van der Waals surface area (Å²) >= 11 is 0. The van der Waals surface area contributed by atoms with Gasteiger partial charge in [-0.15, -0.1) is 0 Å². The summed E-state index contributed by atoms with van der Waals surface area (Å²) in [6.07, 6.45) is -1.10. The lowest BCUT2D eigenvalue weighted by atomic mass is 9.93. The number of benzene rings is 2. The number of rotatable bonds is 13. The van der Waals surface area contributed by atoms with Crippen molar-refractivity contribution < 1.29 is 61.6 Å². The number of unbranched alkanes of at least 4 members (excludes halogenated alkanes) is 1. The Labute approximate surface area is 356 Å². The second kappa shape index (κ2) is 20.8. The van der Waals surface area contributed by atoms with E-state index in [-0.39, 0.29) is 60.5 Å². The van der Waals surface area contributed by atoms with Gasteiger partial charge in [-0.05, 0) is 103 Å². The molecule has 1 aliphatic rings. The van der Waals surface area contributed by atoms with Gasteiger partial charge in [0.05, 0.1) is 12.9 Å². The number of aromatic hydroxyl groups is 2. The first-order valence-electron chi connectivity index (χ1n) is 19.7. The van der Waals surface area contributed by atoms with Crippen molar-refractivity contribution in [1.82, 2.24) is 30.5 Å². The average Bonchev–Trinajstić information content (AvgIpc) is 3.15. The topological polar surface area (TPSA) is 259 Å². The molecule has 1 aliphatic heterocycles. The lowest BCUT2D eigenvalue weighted by Crippen LogP contribution is -2.55. The average molecular weight is 877 g/mol. The molecule has 19 nitrogen and oxygen atoms in total. The number of carbonyl (C=O) groups excluding carboxylic acids is 6. The molecule has 0 aromatic heterocycles. The van der Waals surface area contributed by atoms with Crippen LogP contribution < -0.4 is 20.7 Å². The van der Waals surface area contributed by atoms with Crippen LogP contribution in [0, 0.1) is 0 Å². The number of nitrogens with zero attached hydrogens (tertiary/aromatic N) is 2. The summed E-state index contributed by atoms with van der Waals surface area (Å²) in [6.45, 7) is 11.3. The van der Waals surface area contributed by atoms with Crippen LogP contribution in [0.3, 0.4) is 0 Å². The van der Waals surface area contributed by atoms with E-state index in [1.54, 1.807) is 41.5 Å². The Morgan fingerprint density at radius 2 is 1.49 bits per heavy atom. The highest BCUT2D eigenvalue weighted by Crippen LogP contribution is 2.39. The number of amides is 5. The number of esters is 1. The summed E-state index contributed by atoms with van der Waals surface area (Å²) in [5, 5.41) is 29.7. The summed E-state index contributed by atoms with van der Waals surface area (Å²) in [5.74, 6) is -4.50. The monoisotopic (exact) mass is 876 g/mol. The van der Waals surface area contributed by atoms with Gasteiger partial charge in [-0.1, -0.05) is 12.1 Å². The molecular weight excluding hydrogens is 817 g/mol. The van der Waals surface area contributed by atoms with Crippen molar-refractivity contribution in [2.24, 2.45) is 0 Å². The predicted octanol–water partition coefficient (Wildman–Crippen LogP) is 2.83. The van der Waals surface area contributed by atoms with E-state index < -0.39 is 87.0 Å². The molecule has 2 aromatic rings. The van der Waals surface area contributed by atoms with Gasteiger partial charge in [-0.2, -0.15) is 0 Å². The summed E-state index contributed by atoms with van der Waals surface area (Å²) in [6, 6.07) is 2.84. The zero-order valence-corrected chi connectivity index (χ0v) is 37.2. The minimum absolute atomic E-state index is 0.0584. The van der Waals surface area contributed by atoms with Crippen LogP contribution in [0.15, 0.2) is 36.4 Å². The van der Waals surface area contributed by atoms with Crippen LogP contribution in [0.5, 0.6) is 11.5 Å². The van der Waals surface area contributed by atoms with Crippen molar-refractivity contribution in [2.45, 2.75) is 110 Å². The lowest BCUT2D eigenvalue weighted by molar-refractivity contribution is -0.145. The van der Waals surface area contributed by atoms with E-state index in [0.29, 0.717) is 12.0 Å². The van der Waals surface area contributed by atoms with Crippen LogP contribution in [0.1, 0.15) is 84.9 Å². The van der Waals surface area contributed by atoms with Crippen molar-refractivity contribution in [1.29, 1.82) is 0 Å². The summed E-state index contributed by atoms with van der Waals surface area (Å²) in [7, 11) is -0.535. The molecule has 2 aromatic carbocycles. The van der Waals surface area contributed by atoms with Gasteiger partial charge >= 0.3 is 18.2 Å². The van der Waals surface area contributed by atoms with Gasteiger partial charge in [0.2, 0.25) is 27.7 Å². The number of sulfonamides is 1. The first-order valence-corrected chi connectivity index (χ1v) is 21.4. The Balaban J connectivity index is 2.05. The third-order valence-corrected chi connectivity index (χ3v) is 10.6. The van der Waals surface area contributed by atoms with E-state index in [2.05, 4.69) is 20.7 Å². The van der Waals surface area contributed by atoms with Crippen LogP contribution in [-0.4, -0.2) is 134 Å². The zero-order chi connectivity index (χ0) is 46.0. The second-order valence-electron chi connectivity index (χ2n) is 16.8. The molecule has 0 radical (unpaired) electrons. The number of methoxy groups -OCH3 is 1. The number of alkyl carbamates (subject to hydrolysis) is 1. The standard InChI is InChI=1S/C41H60N6O13S/c1-24-34(50)44-30(37(53)58-10)22-25-14-16-31(48)27(21-25)28-23-26(15-17-32(28)49)33(35(51)43-24)47(9)36(52)29(13-11-12-18-42-38(54)59-40(2,3)4)45-61(56,57)20-19-46(8)39(55)60-41(5,6)7/h14-17,21,23-24,29-30,33,45,48-49H,11-13,18-20,22H2,1-10H3,(H,42,54)(H,43,51)(H,44,50)/t24-,29-,30-,33-/m0/s1. The SMILES string of the molecule is COC(=O)[C@@H]1Cc2ccc(O)c(c2)-c2cc(ccc2O)[C@H](N(C)C(=O)[C@H](CCCCNC(=O)OC(C)(C)C)NS(=O)(=O)CCN(C)C(=O)OC(C)(C)C)C(=O)N[C@@H](C)C(=O)N1. The Hall–Kier alpha value is -5.63. The predicted molar refractivity (Wildman–Crippen MR) is 224 cm³/mol. The van der Waals surface area contributed by atoms with Crippen molar-refractivity contribution in [3.8, 4) is 22.6 Å². The van der Waals surface area contributed by atoms with Gasteiger partial charge in [0.25, 0.3) is 0 Å². The highest BCUT2D eigenvalue weighted by atomic mass is 32.2. The van der Waals surface area contributed by atoms with Gasteiger partial charge in [0, 0.05) is 44.7 Å². The van der Waals surface area contributed by atoms with E-state index in [1.165, 1.54) is 57.4 Å². The largest absolute Gasteiger partial charge is 0.507 e. The molecule has 20 heteroatoms. The third kappa shape index (κ3) is 15.1. The molecule has 0 aliphatic carbocycles. The number of hydrogen-bond donors (Lipinski definition) is 6. The first-order chi connectivity index (χ1) is 28.2. The van der Waals surface area contributed by atoms with Crippen LogP contribution >= 0.6 is 0 Å². The maximum atomic E-state index is 14.6. The first kappa shape index (κ1) is 49.7. The van der Waals surface area contributed by atoms with Crippen molar-refractivity contribution in [3.05, 3.63) is 47.5 Å². The number of likely N-dealkylation sites (N-methyl/N-ethyl adjacent to an activating group) is 1. The Bertz CT molecular complexity index is 2050. The number of phenols is 2. The number of nitrogens with one attached hydrogen (secondary N) is 4. The minimum Gasteiger partial charge on any atom is -0.507 e. The number of ether oxygens (including phenoxy) is 3. The normalized spacial score (nSPS) is 17.7. The molecule has 4 atom stereocenters. The number of carbonyl (C=O) groups is 6. The molecule has 61 heavy (non-hydrogen) atoms. The summed E-state index contributed by atoms with van der Waals surface area (Å²) in [5.41, 5.74) is -0.826. The van der Waals surface area contributed by atoms with Gasteiger partial charge in [0.1, 0.15) is 46.9 Å². The van der Waals surface area contributed by atoms with E-state index in [1.807, 2.05) is 0 Å². The molecule has 0 saturated carbocycles. The van der Waals surface area contributed by atoms with Gasteiger partial charge < -0.3 is 50.2 Å². The molecule has 0 fully saturated rings. The Kier molecular flexibility index (Phi) is 16.9. The molecule has 5 amide bonds. The highest BCUT2D eigenvalue weighted by Gasteiger charge is 2.37. The van der Waals surface area contributed by atoms with Crippen molar-refractivity contribution in [2.75, 3.05) is 40.0 Å². The minimum atomic E-state index is -4.31. The number of hydrogen-bond acceptors (Lipinski definition) is 13. The lowest BCUT2D eigenvalue weighted by Gasteiger charge is -2.32. The van der Waals surface area contributed by atoms with Crippen LogP contribution in [0.4, 0.5) is 9.59 Å². The van der Waals surface area contributed by atoms with Gasteiger partial charge in [-0.25, -0.2) is 27.5 Å². The molecule has 0 spiro atoms. The summed E-state index contributed by atoms with van der Waals surface area (Å²) < 4.78 is 45.1. The van der Waals surface area contributed by atoms with Gasteiger partial charge in [0.15, 0.2) is 0 Å². The quantitative estimate of drug-likeness (QED) is 0.0963. The molecular formula is C41H60N6O13S. The van der Waals surface area contributed by atoms with Crippen LogP contribution in [0.25, 0.3) is 11.1 Å². The molecule has 1 heterocycles. The zero-order valence-electron chi connectivity index (χ0n) is 36.4. The Morgan fingerprint density at radius 1 is 0.885 bits per heavy atom. The highest BCUT2D eigenvalue weighted by molar-refractivity contribution is 7.89. The van der Waals surface area contributed by atoms with Crippen molar-refractivity contribution >= 4 is 45.9 Å². The van der Waals surface area contributed by atoms with E-state index in [9.17, 15) is 47.4 Å². The molecule has 0 saturated heterocycles. The van der Waals surface area contributed by atoms with Crippen molar-refractivity contribution in [3.63, 3.8) is 0 Å². The maximum Gasteiger partial charge on any atom is 0.410 e. The molecule has 4 bridgehead atoms.